The average molecular weight is 315 g/mol. The summed E-state index contributed by atoms with van der Waals surface area (Å²) in [7, 11) is 1.71. The molecule has 2 rings (SSSR count). The van der Waals surface area contributed by atoms with Gasteiger partial charge in [-0.3, -0.25) is 4.98 Å². The second-order valence-corrected chi connectivity index (χ2v) is 5.89. The fourth-order valence-corrected chi connectivity index (χ4v) is 2.74. The monoisotopic (exact) mass is 315 g/mol. The summed E-state index contributed by atoms with van der Waals surface area (Å²) in [6.07, 6.45) is 6.85. The Labute approximate surface area is 139 Å². The van der Waals surface area contributed by atoms with Crippen LogP contribution >= 0.6 is 0 Å². The topological polar surface area (TPSA) is 46.2 Å². The zero-order valence-corrected chi connectivity index (χ0v) is 14.6. The molecule has 0 unspecified atom stereocenters. The Bertz CT molecular complexity index is 613. The number of ether oxygens (including phenoxy) is 1. The molecule has 0 atom stereocenters. The number of fused-ring (bicyclic) bond motifs is 1. The van der Waals surface area contributed by atoms with E-state index in [1.54, 1.807) is 7.11 Å². The van der Waals surface area contributed by atoms with Crippen molar-refractivity contribution >= 4 is 16.6 Å². The lowest BCUT2D eigenvalue weighted by Gasteiger charge is -2.12. The lowest BCUT2D eigenvalue weighted by atomic mass is 10.1. The number of hydrogen-bond donors (Lipinski definition) is 2. The highest BCUT2D eigenvalue weighted by molar-refractivity contribution is 5.93. The van der Waals surface area contributed by atoms with Gasteiger partial charge in [0.15, 0.2) is 0 Å². The largest absolute Gasteiger partial charge is 0.497 e. The molecule has 23 heavy (non-hydrogen) atoms. The first-order chi connectivity index (χ1) is 11.3. The lowest BCUT2D eigenvalue weighted by Crippen LogP contribution is -2.13. The summed E-state index contributed by atoms with van der Waals surface area (Å²) >= 11 is 0. The molecule has 1 aromatic heterocycles. The van der Waals surface area contributed by atoms with Crippen LogP contribution < -0.4 is 15.4 Å². The second kappa shape index (κ2) is 9.36. The predicted molar refractivity (Wildman–Crippen MR) is 98.5 cm³/mol. The quantitative estimate of drug-likeness (QED) is 0.647. The Morgan fingerprint density at radius 3 is 2.61 bits per heavy atom. The van der Waals surface area contributed by atoms with E-state index in [-0.39, 0.29) is 0 Å². The third-order valence-corrected chi connectivity index (χ3v) is 4.12. The number of anilines is 1. The van der Waals surface area contributed by atoms with Crippen LogP contribution in [0.15, 0.2) is 24.4 Å². The highest BCUT2D eigenvalue weighted by Crippen LogP contribution is 2.29. The van der Waals surface area contributed by atoms with E-state index in [4.69, 9.17) is 4.74 Å². The van der Waals surface area contributed by atoms with Crippen LogP contribution in [-0.4, -0.2) is 31.7 Å². The van der Waals surface area contributed by atoms with Crippen LogP contribution in [0.3, 0.4) is 0 Å². The molecular weight excluding hydrogens is 286 g/mol. The zero-order valence-electron chi connectivity index (χ0n) is 14.6. The van der Waals surface area contributed by atoms with Crippen molar-refractivity contribution in [2.75, 3.05) is 32.1 Å². The summed E-state index contributed by atoms with van der Waals surface area (Å²) in [6, 6.07) is 6.14. The van der Waals surface area contributed by atoms with E-state index in [2.05, 4.69) is 35.5 Å². The zero-order chi connectivity index (χ0) is 16.5. The fraction of sp³-hybridized carbons (Fsp3) is 0.526. The van der Waals surface area contributed by atoms with Crippen molar-refractivity contribution in [3.05, 3.63) is 30.0 Å². The minimum absolute atomic E-state index is 0.877. The molecule has 0 bridgehead atoms. The average Bonchev–Trinajstić information content (AvgIpc) is 2.57. The number of rotatable bonds is 10. The van der Waals surface area contributed by atoms with Crippen molar-refractivity contribution in [1.82, 2.24) is 10.3 Å². The molecule has 0 spiro atoms. The van der Waals surface area contributed by atoms with Crippen LogP contribution in [0.25, 0.3) is 10.9 Å². The van der Waals surface area contributed by atoms with Crippen LogP contribution in [0.5, 0.6) is 5.75 Å². The molecule has 0 aliphatic carbocycles. The highest BCUT2D eigenvalue weighted by Gasteiger charge is 2.07. The van der Waals surface area contributed by atoms with E-state index >= 15 is 0 Å². The van der Waals surface area contributed by atoms with Crippen LogP contribution in [-0.2, 0) is 0 Å². The van der Waals surface area contributed by atoms with Gasteiger partial charge in [-0.25, -0.2) is 0 Å². The van der Waals surface area contributed by atoms with Crippen molar-refractivity contribution < 1.29 is 4.74 Å². The minimum Gasteiger partial charge on any atom is -0.497 e. The number of methoxy groups -OCH3 is 1. The number of unbranched alkanes of at least 4 members (excludes halogenated alkanes) is 3. The first-order valence-corrected chi connectivity index (χ1v) is 8.64. The molecule has 0 aliphatic heterocycles. The first kappa shape index (κ1) is 17.5. The Hall–Kier alpha value is -1.81. The van der Waals surface area contributed by atoms with Crippen LogP contribution in [0, 0.1) is 6.92 Å². The molecule has 2 aromatic rings. The Balaban J connectivity index is 1.91. The van der Waals surface area contributed by atoms with Gasteiger partial charge in [0.25, 0.3) is 0 Å². The highest BCUT2D eigenvalue weighted by atomic mass is 16.5. The molecule has 4 nitrogen and oxygen atoms in total. The van der Waals surface area contributed by atoms with Crippen molar-refractivity contribution in [3.63, 3.8) is 0 Å². The molecule has 1 aromatic carbocycles. The SMILES string of the molecule is CCNCCCCCCNc1cc(OC)cc2c(C)ccnc12. The summed E-state index contributed by atoms with van der Waals surface area (Å²) in [5.74, 6) is 0.877. The van der Waals surface area contributed by atoms with Gasteiger partial charge in [-0.2, -0.15) is 0 Å². The summed E-state index contributed by atoms with van der Waals surface area (Å²) in [5, 5.41) is 8.05. The second-order valence-electron chi connectivity index (χ2n) is 5.89. The van der Waals surface area contributed by atoms with Gasteiger partial charge >= 0.3 is 0 Å². The Morgan fingerprint density at radius 1 is 1.09 bits per heavy atom. The van der Waals surface area contributed by atoms with Gasteiger partial charge < -0.3 is 15.4 Å². The number of benzene rings is 1. The molecule has 2 N–H and O–H groups in total. The third kappa shape index (κ3) is 5.10. The Morgan fingerprint density at radius 2 is 1.87 bits per heavy atom. The van der Waals surface area contributed by atoms with E-state index in [1.165, 1.54) is 31.2 Å². The number of hydrogen-bond acceptors (Lipinski definition) is 4. The van der Waals surface area contributed by atoms with Gasteiger partial charge in [0.2, 0.25) is 0 Å². The van der Waals surface area contributed by atoms with Gasteiger partial charge in [0.1, 0.15) is 5.75 Å². The van der Waals surface area contributed by atoms with Gasteiger partial charge in [0.05, 0.1) is 18.3 Å². The summed E-state index contributed by atoms with van der Waals surface area (Å²) < 4.78 is 5.43. The predicted octanol–water partition coefficient (Wildman–Crippen LogP) is 4.13. The molecule has 0 saturated carbocycles. The minimum atomic E-state index is 0.877. The number of aromatic nitrogens is 1. The van der Waals surface area contributed by atoms with Gasteiger partial charge in [-0.15, -0.1) is 0 Å². The molecule has 1 heterocycles. The summed E-state index contributed by atoms with van der Waals surface area (Å²) in [5.41, 5.74) is 3.31. The van der Waals surface area contributed by atoms with Crippen molar-refractivity contribution in [1.29, 1.82) is 0 Å². The molecule has 4 heteroatoms. The Kier molecular flexibility index (Phi) is 7.14. The van der Waals surface area contributed by atoms with E-state index in [0.29, 0.717) is 0 Å². The van der Waals surface area contributed by atoms with Gasteiger partial charge in [0, 0.05) is 24.2 Å². The number of pyridine rings is 1. The van der Waals surface area contributed by atoms with Gasteiger partial charge in [-0.1, -0.05) is 19.8 Å². The van der Waals surface area contributed by atoms with Crippen molar-refractivity contribution in [3.8, 4) is 5.75 Å². The maximum atomic E-state index is 5.43. The molecule has 0 saturated heterocycles. The first-order valence-electron chi connectivity index (χ1n) is 8.64. The summed E-state index contributed by atoms with van der Waals surface area (Å²) in [6.45, 7) is 7.43. The van der Waals surface area contributed by atoms with Crippen molar-refractivity contribution in [2.45, 2.75) is 39.5 Å². The summed E-state index contributed by atoms with van der Waals surface area (Å²) in [4.78, 5) is 4.54. The van der Waals surface area contributed by atoms with E-state index in [9.17, 15) is 0 Å². The fourth-order valence-electron chi connectivity index (χ4n) is 2.74. The van der Waals surface area contributed by atoms with Gasteiger partial charge in [-0.05, 0) is 50.6 Å². The number of aryl methyl sites for hydroxylation is 1. The molecule has 0 amide bonds. The van der Waals surface area contributed by atoms with E-state index in [1.807, 2.05) is 18.3 Å². The third-order valence-electron chi connectivity index (χ3n) is 4.12. The van der Waals surface area contributed by atoms with E-state index in [0.717, 1.165) is 42.0 Å². The standard InChI is InChI=1S/C19H29N3O/c1-4-20-10-7-5-6-8-11-21-18-14-16(23-3)13-17-15(2)9-12-22-19(17)18/h9,12-14,20-21H,4-8,10-11H2,1-3H3. The normalized spacial score (nSPS) is 10.9. The van der Waals surface area contributed by atoms with Crippen LogP contribution in [0.4, 0.5) is 5.69 Å². The van der Waals surface area contributed by atoms with E-state index < -0.39 is 0 Å². The molecule has 126 valence electrons. The number of nitrogens with one attached hydrogen (secondary N) is 2. The number of nitrogens with zero attached hydrogens (tertiary/aromatic N) is 1. The molecule has 0 aliphatic rings. The molecule has 0 fully saturated rings. The maximum Gasteiger partial charge on any atom is 0.121 e. The van der Waals surface area contributed by atoms with Crippen LogP contribution in [0.1, 0.15) is 38.2 Å². The molecule has 0 radical (unpaired) electrons. The molecular formula is C19H29N3O. The van der Waals surface area contributed by atoms with Crippen molar-refractivity contribution in [2.24, 2.45) is 0 Å². The maximum absolute atomic E-state index is 5.43. The van der Waals surface area contributed by atoms with Crippen LogP contribution in [0.2, 0.25) is 0 Å². The smallest absolute Gasteiger partial charge is 0.121 e. The lowest BCUT2D eigenvalue weighted by molar-refractivity contribution is 0.415.